The molecule has 0 radical (unpaired) electrons. The first-order valence-corrected chi connectivity index (χ1v) is 15.6. The van der Waals surface area contributed by atoms with Crippen molar-refractivity contribution in [1.82, 2.24) is 19.4 Å². The number of hydrogen-bond acceptors (Lipinski definition) is 8. The number of aromatic nitrogens is 2. The Hall–Kier alpha value is -4.78. The van der Waals surface area contributed by atoms with Gasteiger partial charge >= 0.3 is 12.2 Å². The van der Waals surface area contributed by atoms with Crippen molar-refractivity contribution in [3.8, 4) is 0 Å². The lowest BCUT2D eigenvalue weighted by Gasteiger charge is -2.21. The van der Waals surface area contributed by atoms with Gasteiger partial charge in [-0.25, -0.2) is 18.5 Å². The van der Waals surface area contributed by atoms with Crippen molar-refractivity contribution < 1.29 is 38.1 Å². The van der Waals surface area contributed by atoms with Gasteiger partial charge in [0, 0.05) is 42.4 Å². The lowest BCUT2D eigenvalue weighted by molar-refractivity contribution is -0.125. The number of allylic oxidation sites excluding steroid dienone is 1. The number of nitrogens with one attached hydrogen (secondary N) is 1. The van der Waals surface area contributed by atoms with Crippen molar-refractivity contribution in [2.24, 2.45) is 0 Å². The highest BCUT2D eigenvalue weighted by Gasteiger charge is 2.25. The van der Waals surface area contributed by atoms with E-state index in [0.717, 1.165) is 12.8 Å². The number of halogens is 1. The topological polar surface area (TPSA) is 149 Å². The monoisotopic (exact) mass is 652 g/mol. The van der Waals surface area contributed by atoms with Crippen LogP contribution in [0.1, 0.15) is 57.7 Å². The normalized spacial score (nSPS) is 14.0. The molecule has 12 nitrogen and oxygen atoms in total. The minimum Gasteiger partial charge on any atom is -0.447 e. The molecule has 1 atom stereocenters. The summed E-state index contributed by atoms with van der Waals surface area (Å²) in [7, 11) is 0. The first-order valence-electron chi connectivity index (χ1n) is 15.6. The predicted octanol–water partition coefficient (Wildman–Crippen LogP) is 3.93. The minimum atomic E-state index is -1.04. The Kier molecular flexibility index (Phi) is 11.7. The minimum absolute atomic E-state index is 0.0819. The zero-order valence-electron chi connectivity index (χ0n) is 26.9. The van der Waals surface area contributed by atoms with E-state index in [0.29, 0.717) is 36.1 Å². The molecule has 0 unspecified atom stereocenters. The Bertz CT molecular complexity index is 1700. The number of aliphatic hydroxyl groups excluding tert-OH is 1. The Morgan fingerprint density at radius 2 is 1.85 bits per heavy atom. The SMILES string of the molecule is CC(C)(C)OC(=O)n1c(Cn2cccc(CC(=O)[C@H](CC/C=C/C(=O)N3CCCC3)NC(=O)OCCO)c2=O)cc2cc(F)ccc21. The van der Waals surface area contributed by atoms with E-state index in [1.54, 1.807) is 43.9 Å². The lowest BCUT2D eigenvalue weighted by Crippen LogP contribution is -2.42. The van der Waals surface area contributed by atoms with Crippen LogP contribution in [-0.2, 0) is 32.0 Å². The fourth-order valence-electron chi connectivity index (χ4n) is 5.34. The second-order valence-corrected chi connectivity index (χ2v) is 12.3. The van der Waals surface area contributed by atoms with Crippen molar-refractivity contribution in [2.75, 3.05) is 26.3 Å². The lowest BCUT2D eigenvalue weighted by atomic mass is 10.0. The van der Waals surface area contributed by atoms with E-state index < -0.39 is 47.6 Å². The number of pyridine rings is 1. The highest BCUT2D eigenvalue weighted by Crippen LogP contribution is 2.24. The van der Waals surface area contributed by atoms with E-state index in [4.69, 9.17) is 14.6 Å². The maximum atomic E-state index is 14.0. The molecule has 0 bridgehead atoms. The molecule has 1 aliphatic heterocycles. The van der Waals surface area contributed by atoms with Crippen LogP contribution in [0.3, 0.4) is 0 Å². The van der Waals surface area contributed by atoms with Crippen LogP contribution < -0.4 is 10.9 Å². The van der Waals surface area contributed by atoms with Gasteiger partial charge < -0.3 is 29.4 Å². The third-order valence-electron chi connectivity index (χ3n) is 7.52. The number of carbonyl (C=O) groups is 4. The average Bonchev–Trinajstić information content (AvgIpc) is 3.67. The van der Waals surface area contributed by atoms with E-state index in [9.17, 15) is 28.4 Å². The Morgan fingerprint density at radius 3 is 2.55 bits per heavy atom. The molecule has 47 heavy (non-hydrogen) atoms. The van der Waals surface area contributed by atoms with E-state index in [2.05, 4.69) is 5.32 Å². The van der Waals surface area contributed by atoms with Gasteiger partial charge in [-0.2, -0.15) is 0 Å². The summed E-state index contributed by atoms with van der Waals surface area (Å²) >= 11 is 0. The maximum absolute atomic E-state index is 14.0. The van der Waals surface area contributed by atoms with Crippen molar-refractivity contribution in [3.05, 3.63) is 82.2 Å². The highest BCUT2D eigenvalue weighted by molar-refractivity contribution is 5.91. The van der Waals surface area contributed by atoms with Crippen molar-refractivity contribution in [2.45, 2.75) is 71.1 Å². The molecule has 3 heterocycles. The van der Waals surface area contributed by atoms with Crippen LogP contribution in [0, 0.1) is 5.82 Å². The van der Waals surface area contributed by atoms with Crippen molar-refractivity contribution in [3.63, 3.8) is 0 Å². The molecular formula is C34H41FN4O8. The largest absolute Gasteiger partial charge is 0.447 e. The summed E-state index contributed by atoms with van der Waals surface area (Å²) in [6, 6.07) is 7.65. The highest BCUT2D eigenvalue weighted by atomic mass is 19.1. The molecule has 13 heteroatoms. The number of amides is 2. The van der Waals surface area contributed by atoms with E-state index >= 15 is 0 Å². The Labute approximate surface area is 271 Å². The van der Waals surface area contributed by atoms with Crippen LogP contribution >= 0.6 is 0 Å². The third-order valence-corrected chi connectivity index (χ3v) is 7.52. The summed E-state index contributed by atoms with van der Waals surface area (Å²) in [6.45, 7) is 5.85. The number of ether oxygens (including phenoxy) is 2. The molecule has 1 saturated heterocycles. The van der Waals surface area contributed by atoms with Crippen molar-refractivity contribution in [1.29, 1.82) is 0 Å². The Morgan fingerprint density at radius 1 is 1.11 bits per heavy atom. The van der Waals surface area contributed by atoms with Gasteiger partial charge in [0.25, 0.3) is 5.56 Å². The molecule has 2 amide bonds. The number of likely N-dealkylation sites (tertiary alicyclic amines) is 1. The zero-order chi connectivity index (χ0) is 34.1. The van der Waals surface area contributed by atoms with Gasteiger partial charge in [0.15, 0.2) is 5.78 Å². The van der Waals surface area contributed by atoms with Gasteiger partial charge in [0.2, 0.25) is 5.91 Å². The second kappa shape index (κ2) is 15.7. The van der Waals surface area contributed by atoms with Gasteiger partial charge in [-0.3, -0.25) is 14.4 Å². The van der Waals surface area contributed by atoms with Crippen LogP contribution in [-0.4, -0.2) is 81.0 Å². The number of benzene rings is 1. The fraction of sp³-hybridized carbons (Fsp3) is 0.441. The first-order chi connectivity index (χ1) is 22.4. The summed E-state index contributed by atoms with van der Waals surface area (Å²) in [5.41, 5.74) is -0.374. The molecule has 4 rings (SSSR count). The molecule has 1 fully saturated rings. The van der Waals surface area contributed by atoms with Gasteiger partial charge in [0.05, 0.1) is 24.7 Å². The zero-order valence-corrected chi connectivity index (χ0v) is 26.9. The van der Waals surface area contributed by atoms with Crippen LogP contribution in [0.4, 0.5) is 14.0 Å². The molecule has 3 aromatic rings. The van der Waals surface area contributed by atoms with E-state index in [1.165, 1.54) is 45.7 Å². The number of Topliss-reactive ketones (excluding diaryl/α,β-unsaturated/α-hetero) is 1. The number of rotatable bonds is 12. The molecule has 1 aromatic carbocycles. The quantitative estimate of drug-likeness (QED) is 0.280. The summed E-state index contributed by atoms with van der Waals surface area (Å²) in [5, 5.41) is 11.9. The molecule has 252 valence electrons. The molecule has 2 aromatic heterocycles. The predicted molar refractivity (Wildman–Crippen MR) is 172 cm³/mol. The smallest absolute Gasteiger partial charge is 0.419 e. The third kappa shape index (κ3) is 9.61. The van der Waals surface area contributed by atoms with Gasteiger partial charge in [-0.05, 0) is 82.9 Å². The van der Waals surface area contributed by atoms with Crippen LogP contribution in [0.5, 0.6) is 0 Å². The summed E-state index contributed by atoms with van der Waals surface area (Å²) < 4.78 is 27.1. The Balaban J connectivity index is 1.54. The molecule has 0 spiro atoms. The summed E-state index contributed by atoms with van der Waals surface area (Å²) in [5.74, 6) is -1.06. The molecule has 0 aliphatic carbocycles. The summed E-state index contributed by atoms with van der Waals surface area (Å²) in [6.07, 6.45) is 5.08. The molecule has 1 aliphatic rings. The second-order valence-electron chi connectivity index (χ2n) is 12.3. The number of nitrogens with zero attached hydrogens (tertiary/aromatic N) is 3. The maximum Gasteiger partial charge on any atom is 0.419 e. The fourth-order valence-corrected chi connectivity index (χ4v) is 5.34. The number of alkyl carbamates (subject to hydrolysis) is 1. The first kappa shape index (κ1) is 35.1. The van der Waals surface area contributed by atoms with E-state index in [1.807, 2.05) is 0 Å². The van der Waals surface area contributed by atoms with Crippen LogP contribution in [0.25, 0.3) is 10.9 Å². The standard InChI is InChI=1S/C34H41FN4O8/c1-34(2,3)47-33(45)39-26(20-24-19-25(35)12-13-28(24)39)22-38-16-8-9-23(31(38)43)21-29(41)27(36-32(44)46-18-17-40)10-4-5-11-30(42)37-14-6-7-15-37/h5,8-9,11-13,16,19-20,27,40H,4,6-7,10,14-15,17-18,21-22H2,1-3H3,(H,36,44)/b11-5+/t27-/m0/s1. The van der Waals surface area contributed by atoms with Crippen molar-refractivity contribution >= 4 is 34.8 Å². The number of carbonyl (C=O) groups excluding carboxylic acids is 4. The number of aliphatic hydroxyl groups is 1. The molecule has 0 saturated carbocycles. The number of fused-ring (bicyclic) bond motifs is 1. The van der Waals surface area contributed by atoms with Gasteiger partial charge in [0.1, 0.15) is 18.0 Å². The number of ketones is 1. The van der Waals surface area contributed by atoms with Crippen LogP contribution in [0.2, 0.25) is 0 Å². The van der Waals surface area contributed by atoms with E-state index in [-0.39, 0.29) is 37.5 Å². The summed E-state index contributed by atoms with van der Waals surface area (Å²) in [4.78, 5) is 66.5. The average molecular weight is 653 g/mol. The molecular weight excluding hydrogens is 611 g/mol. The van der Waals surface area contributed by atoms with Crippen LogP contribution in [0.15, 0.2) is 59.5 Å². The number of hydrogen-bond donors (Lipinski definition) is 2. The van der Waals surface area contributed by atoms with Gasteiger partial charge in [-0.15, -0.1) is 0 Å². The molecule has 2 N–H and O–H groups in total. The van der Waals surface area contributed by atoms with Gasteiger partial charge in [-0.1, -0.05) is 12.1 Å².